The van der Waals surface area contributed by atoms with Crippen molar-refractivity contribution in [1.82, 2.24) is 5.32 Å². The Kier molecular flexibility index (Phi) is 6.36. The number of carbonyl (C=O) groups is 1. The molecule has 0 saturated carbocycles. The summed E-state index contributed by atoms with van der Waals surface area (Å²) in [6, 6.07) is 17.9. The van der Waals surface area contributed by atoms with Crippen LogP contribution in [0.5, 0.6) is 0 Å². The smallest absolute Gasteiger partial charge is 0.241 e. The number of hydrogen-bond acceptors (Lipinski definition) is 2. The van der Waals surface area contributed by atoms with Gasteiger partial charge in [0.2, 0.25) is 5.91 Å². The Morgan fingerprint density at radius 2 is 1.65 bits per heavy atom. The van der Waals surface area contributed by atoms with Crippen LogP contribution in [-0.4, -0.2) is 11.9 Å². The van der Waals surface area contributed by atoms with Crippen LogP contribution in [0, 0.1) is 0 Å². The highest BCUT2D eigenvalue weighted by atomic mass is 16.2. The van der Waals surface area contributed by atoms with Crippen LogP contribution in [0.1, 0.15) is 44.2 Å². The van der Waals surface area contributed by atoms with E-state index in [2.05, 4.69) is 42.7 Å². The van der Waals surface area contributed by atoms with E-state index in [9.17, 15) is 4.79 Å². The lowest BCUT2D eigenvalue weighted by molar-refractivity contribution is -0.117. The first-order chi connectivity index (χ1) is 11.1. The Morgan fingerprint density at radius 3 is 2.35 bits per heavy atom. The lowest BCUT2D eigenvalue weighted by atomic mass is 9.97. The van der Waals surface area contributed by atoms with Gasteiger partial charge in [0, 0.05) is 12.2 Å². The third-order valence-corrected chi connectivity index (χ3v) is 4.21. The molecule has 1 amide bonds. The summed E-state index contributed by atoms with van der Waals surface area (Å²) in [5.74, 6) is 0.427. The Balaban J connectivity index is 1.96. The van der Waals surface area contributed by atoms with Crippen molar-refractivity contribution in [3.63, 3.8) is 0 Å². The third kappa shape index (κ3) is 4.93. The summed E-state index contributed by atoms with van der Waals surface area (Å²) in [5, 5.41) is 6.33. The van der Waals surface area contributed by atoms with Crippen molar-refractivity contribution in [1.29, 1.82) is 0 Å². The molecule has 0 aromatic heterocycles. The highest BCUT2D eigenvalue weighted by Crippen LogP contribution is 2.26. The first-order valence-electron chi connectivity index (χ1n) is 8.29. The highest BCUT2D eigenvalue weighted by molar-refractivity contribution is 5.95. The van der Waals surface area contributed by atoms with E-state index < -0.39 is 0 Å². The number of nitrogens with one attached hydrogen (secondary N) is 2. The molecule has 0 unspecified atom stereocenters. The Morgan fingerprint density at radius 1 is 1.00 bits per heavy atom. The van der Waals surface area contributed by atoms with E-state index >= 15 is 0 Å². The molecule has 0 spiro atoms. The van der Waals surface area contributed by atoms with Crippen LogP contribution < -0.4 is 10.6 Å². The van der Waals surface area contributed by atoms with Crippen molar-refractivity contribution in [3.05, 3.63) is 65.7 Å². The first-order valence-corrected chi connectivity index (χ1v) is 8.29. The van der Waals surface area contributed by atoms with E-state index in [0.29, 0.717) is 12.5 Å². The Hall–Kier alpha value is -2.13. The van der Waals surface area contributed by atoms with Gasteiger partial charge in [-0.25, -0.2) is 0 Å². The van der Waals surface area contributed by atoms with Crippen LogP contribution in [0.25, 0.3) is 0 Å². The zero-order valence-electron chi connectivity index (χ0n) is 14.2. The standard InChI is InChI=1S/C20H26N2O/c1-4-15(2)18-12-8-9-13-19(18)22-20(23)16(3)21-14-17-10-6-5-7-11-17/h5-13,15-16,21H,4,14H2,1-3H3,(H,22,23)/t15-,16+/m0/s1. The van der Waals surface area contributed by atoms with Crippen molar-refractivity contribution in [3.8, 4) is 0 Å². The van der Waals surface area contributed by atoms with Crippen LogP contribution in [0.15, 0.2) is 54.6 Å². The van der Waals surface area contributed by atoms with Gasteiger partial charge in [-0.15, -0.1) is 0 Å². The highest BCUT2D eigenvalue weighted by Gasteiger charge is 2.15. The molecule has 122 valence electrons. The molecule has 2 aromatic rings. The molecule has 3 heteroatoms. The van der Waals surface area contributed by atoms with Gasteiger partial charge >= 0.3 is 0 Å². The second-order valence-corrected chi connectivity index (χ2v) is 5.97. The van der Waals surface area contributed by atoms with E-state index in [-0.39, 0.29) is 11.9 Å². The summed E-state index contributed by atoms with van der Waals surface area (Å²) in [6.07, 6.45) is 1.05. The third-order valence-electron chi connectivity index (χ3n) is 4.21. The molecule has 0 aliphatic heterocycles. The largest absolute Gasteiger partial charge is 0.324 e. The van der Waals surface area contributed by atoms with Gasteiger partial charge in [0.05, 0.1) is 6.04 Å². The fraction of sp³-hybridized carbons (Fsp3) is 0.350. The quantitative estimate of drug-likeness (QED) is 0.800. The summed E-state index contributed by atoms with van der Waals surface area (Å²) in [5.41, 5.74) is 3.28. The lowest BCUT2D eigenvalue weighted by Crippen LogP contribution is -2.37. The van der Waals surface area contributed by atoms with Gasteiger partial charge in [-0.3, -0.25) is 4.79 Å². The van der Waals surface area contributed by atoms with Gasteiger partial charge in [0.1, 0.15) is 0 Å². The Labute approximate surface area is 139 Å². The van der Waals surface area contributed by atoms with Gasteiger partial charge in [-0.2, -0.15) is 0 Å². The SMILES string of the molecule is CC[C@H](C)c1ccccc1NC(=O)[C@@H](C)NCc1ccccc1. The minimum Gasteiger partial charge on any atom is -0.324 e. The van der Waals surface area contributed by atoms with Crippen molar-refractivity contribution in [2.24, 2.45) is 0 Å². The van der Waals surface area contributed by atoms with Crippen LogP contribution in [-0.2, 0) is 11.3 Å². The van der Waals surface area contributed by atoms with Crippen LogP contribution in [0.4, 0.5) is 5.69 Å². The fourth-order valence-corrected chi connectivity index (χ4v) is 2.46. The van der Waals surface area contributed by atoms with Crippen molar-refractivity contribution >= 4 is 11.6 Å². The normalized spacial score (nSPS) is 13.3. The van der Waals surface area contributed by atoms with Gasteiger partial charge in [-0.05, 0) is 36.5 Å². The van der Waals surface area contributed by atoms with Crippen molar-refractivity contribution in [2.75, 3.05) is 5.32 Å². The average molecular weight is 310 g/mol. The van der Waals surface area contributed by atoms with Crippen molar-refractivity contribution in [2.45, 2.75) is 45.7 Å². The summed E-state index contributed by atoms with van der Waals surface area (Å²) in [6.45, 7) is 6.92. The van der Waals surface area contributed by atoms with Crippen LogP contribution in [0.3, 0.4) is 0 Å². The van der Waals surface area contributed by atoms with Gasteiger partial charge < -0.3 is 10.6 Å². The molecule has 0 aliphatic carbocycles. The predicted octanol–water partition coefficient (Wildman–Crippen LogP) is 4.32. The summed E-state index contributed by atoms with van der Waals surface area (Å²) >= 11 is 0. The molecule has 0 aliphatic rings. The van der Waals surface area contributed by atoms with E-state index in [1.165, 1.54) is 11.1 Å². The molecule has 3 nitrogen and oxygen atoms in total. The number of anilines is 1. The van der Waals surface area contributed by atoms with E-state index in [1.807, 2.05) is 43.3 Å². The molecule has 0 radical (unpaired) electrons. The van der Waals surface area contributed by atoms with Crippen molar-refractivity contribution < 1.29 is 4.79 Å². The number of para-hydroxylation sites is 1. The second-order valence-electron chi connectivity index (χ2n) is 5.97. The number of amides is 1. The minimum absolute atomic E-state index is 0.00307. The molecule has 2 rings (SSSR count). The van der Waals surface area contributed by atoms with Gasteiger partial charge in [0.25, 0.3) is 0 Å². The minimum atomic E-state index is -0.250. The first kappa shape index (κ1) is 17.2. The average Bonchev–Trinajstić information content (AvgIpc) is 2.60. The number of carbonyl (C=O) groups excluding carboxylic acids is 1. The second kappa shape index (κ2) is 8.49. The maximum Gasteiger partial charge on any atom is 0.241 e. The fourth-order valence-electron chi connectivity index (χ4n) is 2.46. The molecular formula is C20H26N2O. The summed E-state index contributed by atoms with van der Waals surface area (Å²) < 4.78 is 0. The van der Waals surface area contributed by atoms with Gasteiger partial charge in [0.15, 0.2) is 0 Å². The maximum absolute atomic E-state index is 12.4. The number of benzene rings is 2. The summed E-state index contributed by atoms with van der Waals surface area (Å²) in [7, 11) is 0. The monoisotopic (exact) mass is 310 g/mol. The zero-order chi connectivity index (χ0) is 16.7. The molecule has 23 heavy (non-hydrogen) atoms. The molecule has 2 aromatic carbocycles. The number of hydrogen-bond donors (Lipinski definition) is 2. The predicted molar refractivity (Wildman–Crippen MR) is 96.5 cm³/mol. The Bertz CT molecular complexity index is 625. The molecule has 0 heterocycles. The van der Waals surface area contributed by atoms with E-state index in [4.69, 9.17) is 0 Å². The van der Waals surface area contributed by atoms with Gasteiger partial charge in [-0.1, -0.05) is 62.4 Å². The molecule has 0 fully saturated rings. The molecule has 2 atom stereocenters. The lowest BCUT2D eigenvalue weighted by Gasteiger charge is -2.18. The van der Waals surface area contributed by atoms with E-state index in [1.54, 1.807) is 0 Å². The molecular weight excluding hydrogens is 284 g/mol. The van der Waals surface area contributed by atoms with E-state index in [0.717, 1.165) is 12.1 Å². The number of rotatable bonds is 7. The van der Waals surface area contributed by atoms with Crippen LogP contribution in [0.2, 0.25) is 0 Å². The topological polar surface area (TPSA) is 41.1 Å². The zero-order valence-corrected chi connectivity index (χ0v) is 14.2. The summed E-state index contributed by atoms with van der Waals surface area (Å²) in [4.78, 5) is 12.4. The molecule has 2 N–H and O–H groups in total. The maximum atomic E-state index is 12.4. The van der Waals surface area contributed by atoms with Crippen LogP contribution >= 0.6 is 0 Å². The molecule has 0 bridgehead atoms. The molecule has 0 saturated heterocycles.